The Bertz CT molecular complexity index is 386. The van der Waals surface area contributed by atoms with Gasteiger partial charge in [0.05, 0.1) is 0 Å². The fraction of sp³-hybridized carbons (Fsp3) is 0.455. The van der Waals surface area contributed by atoms with E-state index in [0.717, 1.165) is 10.2 Å². The Morgan fingerprint density at radius 3 is 2.73 bits per heavy atom. The molecule has 0 aliphatic carbocycles. The van der Waals surface area contributed by atoms with Crippen molar-refractivity contribution < 1.29 is 4.79 Å². The molecule has 0 aromatic carbocycles. The van der Waals surface area contributed by atoms with Crippen LogP contribution in [-0.2, 0) is 4.79 Å². The lowest BCUT2D eigenvalue weighted by Crippen LogP contribution is -2.38. The number of nitrogens with one attached hydrogen (secondary N) is 1. The van der Waals surface area contributed by atoms with Crippen LogP contribution in [0.5, 0.6) is 0 Å². The fourth-order valence-electron chi connectivity index (χ4n) is 2.01. The number of amides is 1. The van der Waals surface area contributed by atoms with Gasteiger partial charge >= 0.3 is 0 Å². The molecule has 1 saturated heterocycles. The van der Waals surface area contributed by atoms with Crippen LogP contribution < -0.4 is 5.32 Å². The zero-order chi connectivity index (χ0) is 11.1. The van der Waals surface area contributed by atoms with Gasteiger partial charge in [0.15, 0.2) is 0 Å². The standard InChI is InChI=1S/C11H13BrN2O/c1-11(2)8(5-10(15)14-11)9-4-3-7(12)6-13-9/h3-4,6,8H,5H2,1-2H3,(H,14,15). The molecule has 1 atom stereocenters. The Kier molecular flexibility index (Phi) is 2.54. The molecule has 1 aromatic rings. The Morgan fingerprint density at radius 1 is 1.53 bits per heavy atom. The zero-order valence-electron chi connectivity index (χ0n) is 8.75. The number of carbonyl (C=O) groups excluding carboxylic acids is 1. The molecule has 15 heavy (non-hydrogen) atoms. The highest BCUT2D eigenvalue weighted by atomic mass is 79.9. The first kappa shape index (κ1) is 10.6. The van der Waals surface area contributed by atoms with Gasteiger partial charge in [-0.15, -0.1) is 0 Å². The summed E-state index contributed by atoms with van der Waals surface area (Å²) >= 11 is 3.35. The summed E-state index contributed by atoms with van der Waals surface area (Å²) in [6, 6.07) is 3.93. The zero-order valence-corrected chi connectivity index (χ0v) is 10.3. The molecule has 1 aliphatic heterocycles. The minimum atomic E-state index is -0.197. The highest BCUT2D eigenvalue weighted by molar-refractivity contribution is 9.10. The molecule has 1 amide bonds. The monoisotopic (exact) mass is 268 g/mol. The molecule has 1 unspecified atom stereocenters. The van der Waals surface area contributed by atoms with E-state index in [0.29, 0.717) is 6.42 Å². The fourth-order valence-corrected chi connectivity index (χ4v) is 2.24. The maximum atomic E-state index is 11.4. The van der Waals surface area contributed by atoms with Gasteiger partial charge in [-0.25, -0.2) is 0 Å². The molecule has 0 radical (unpaired) electrons. The average molecular weight is 269 g/mol. The molecular weight excluding hydrogens is 256 g/mol. The molecule has 3 nitrogen and oxygen atoms in total. The molecule has 0 saturated carbocycles. The second-order valence-electron chi connectivity index (χ2n) is 4.43. The molecule has 0 bridgehead atoms. The van der Waals surface area contributed by atoms with Gasteiger partial charge in [0.2, 0.25) is 5.91 Å². The molecule has 4 heteroatoms. The third kappa shape index (κ3) is 2.04. The number of pyridine rings is 1. The van der Waals surface area contributed by atoms with Crippen LogP contribution in [0.15, 0.2) is 22.8 Å². The smallest absolute Gasteiger partial charge is 0.221 e. The summed E-state index contributed by atoms with van der Waals surface area (Å²) in [5.41, 5.74) is 0.777. The van der Waals surface area contributed by atoms with Crippen molar-refractivity contribution in [2.75, 3.05) is 0 Å². The number of nitrogens with zero attached hydrogens (tertiary/aromatic N) is 1. The minimum Gasteiger partial charge on any atom is -0.351 e. The van der Waals surface area contributed by atoms with Crippen LogP contribution in [0, 0.1) is 0 Å². The Morgan fingerprint density at radius 2 is 2.27 bits per heavy atom. The Balaban J connectivity index is 2.31. The summed E-state index contributed by atoms with van der Waals surface area (Å²) in [4.78, 5) is 15.7. The third-order valence-electron chi connectivity index (χ3n) is 2.83. The summed E-state index contributed by atoms with van der Waals surface area (Å²) in [7, 11) is 0. The molecule has 0 spiro atoms. The molecule has 1 aliphatic rings. The predicted octanol–water partition coefficient (Wildman–Crippen LogP) is 2.23. The molecule has 2 rings (SSSR count). The topological polar surface area (TPSA) is 42.0 Å². The number of hydrogen-bond donors (Lipinski definition) is 1. The van der Waals surface area contributed by atoms with Crippen LogP contribution in [-0.4, -0.2) is 16.4 Å². The number of carbonyl (C=O) groups is 1. The molecule has 1 fully saturated rings. The van der Waals surface area contributed by atoms with Crippen LogP contribution in [0.1, 0.15) is 31.9 Å². The van der Waals surface area contributed by atoms with Crippen molar-refractivity contribution in [1.82, 2.24) is 10.3 Å². The van der Waals surface area contributed by atoms with Crippen LogP contribution in [0.25, 0.3) is 0 Å². The summed E-state index contributed by atoms with van der Waals surface area (Å²) in [5.74, 6) is 0.271. The quantitative estimate of drug-likeness (QED) is 0.849. The highest BCUT2D eigenvalue weighted by Crippen LogP contribution is 2.35. The van der Waals surface area contributed by atoms with E-state index in [1.54, 1.807) is 6.20 Å². The molecule has 1 aromatic heterocycles. The van der Waals surface area contributed by atoms with Gasteiger partial charge in [-0.3, -0.25) is 9.78 Å². The SMILES string of the molecule is CC1(C)NC(=O)CC1c1ccc(Br)cn1. The molecule has 1 N–H and O–H groups in total. The van der Waals surface area contributed by atoms with Crippen molar-refractivity contribution >= 4 is 21.8 Å². The van der Waals surface area contributed by atoms with E-state index in [-0.39, 0.29) is 17.4 Å². The second-order valence-corrected chi connectivity index (χ2v) is 5.34. The lowest BCUT2D eigenvalue weighted by atomic mass is 9.86. The van der Waals surface area contributed by atoms with Gasteiger partial charge in [0, 0.05) is 34.2 Å². The largest absolute Gasteiger partial charge is 0.351 e. The third-order valence-corrected chi connectivity index (χ3v) is 3.30. The van der Waals surface area contributed by atoms with Crippen molar-refractivity contribution in [2.45, 2.75) is 31.7 Å². The first-order valence-electron chi connectivity index (χ1n) is 4.91. The van der Waals surface area contributed by atoms with Crippen molar-refractivity contribution in [2.24, 2.45) is 0 Å². The van der Waals surface area contributed by atoms with Gasteiger partial charge in [-0.1, -0.05) is 0 Å². The summed E-state index contributed by atoms with van der Waals surface area (Å²) < 4.78 is 0.960. The van der Waals surface area contributed by atoms with Crippen molar-refractivity contribution in [1.29, 1.82) is 0 Å². The van der Waals surface area contributed by atoms with Gasteiger partial charge in [0.25, 0.3) is 0 Å². The molecule has 80 valence electrons. The number of aromatic nitrogens is 1. The first-order valence-corrected chi connectivity index (χ1v) is 5.71. The lowest BCUT2D eigenvalue weighted by Gasteiger charge is -2.25. The molecular formula is C11H13BrN2O. The van der Waals surface area contributed by atoms with E-state index < -0.39 is 0 Å². The maximum absolute atomic E-state index is 11.4. The van der Waals surface area contributed by atoms with E-state index in [2.05, 4.69) is 26.2 Å². The maximum Gasteiger partial charge on any atom is 0.221 e. The van der Waals surface area contributed by atoms with Crippen molar-refractivity contribution in [3.63, 3.8) is 0 Å². The van der Waals surface area contributed by atoms with Gasteiger partial charge in [-0.05, 0) is 41.9 Å². The van der Waals surface area contributed by atoms with Gasteiger partial charge in [0.1, 0.15) is 0 Å². The van der Waals surface area contributed by atoms with E-state index in [4.69, 9.17) is 0 Å². The summed E-state index contributed by atoms with van der Waals surface area (Å²) in [5, 5.41) is 2.97. The number of rotatable bonds is 1. The van der Waals surface area contributed by atoms with Gasteiger partial charge < -0.3 is 5.32 Å². The van der Waals surface area contributed by atoms with Crippen LogP contribution in [0.4, 0.5) is 0 Å². The average Bonchev–Trinajstić information content (AvgIpc) is 2.41. The van der Waals surface area contributed by atoms with Crippen LogP contribution in [0.2, 0.25) is 0 Å². The lowest BCUT2D eigenvalue weighted by molar-refractivity contribution is -0.119. The normalized spacial score (nSPS) is 23.9. The minimum absolute atomic E-state index is 0.106. The number of halogens is 1. The predicted molar refractivity (Wildman–Crippen MR) is 61.5 cm³/mol. The second kappa shape index (κ2) is 3.59. The van der Waals surface area contributed by atoms with E-state index in [1.165, 1.54) is 0 Å². The van der Waals surface area contributed by atoms with Gasteiger partial charge in [-0.2, -0.15) is 0 Å². The Hall–Kier alpha value is -0.900. The number of hydrogen-bond acceptors (Lipinski definition) is 2. The van der Waals surface area contributed by atoms with Crippen molar-refractivity contribution in [3.8, 4) is 0 Å². The van der Waals surface area contributed by atoms with Crippen molar-refractivity contribution in [3.05, 3.63) is 28.5 Å². The Labute approximate surface area is 97.4 Å². The van der Waals surface area contributed by atoms with E-state index in [1.807, 2.05) is 26.0 Å². The molecule has 2 heterocycles. The van der Waals surface area contributed by atoms with E-state index >= 15 is 0 Å². The van der Waals surface area contributed by atoms with Crippen LogP contribution >= 0.6 is 15.9 Å². The first-order chi connectivity index (χ1) is 6.99. The highest BCUT2D eigenvalue weighted by Gasteiger charge is 2.40. The summed E-state index contributed by atoms with van der Waals surface area (Å²) in [6.45, 7) is 4.07. The summed E-state index contributed by atoms with van der Waals surface area (Å²) in [6.07, 6.45) is 2.30. The van der Waals surface area contributed by atoms with Crippen LogP contribution in [0.3, 0.4) is 0 Å². The van der Waals surface area contributed by atoms with E-state index in [9.17, 15) is 4.79 Å².